The first-order valence-electron chi connectivity index (χ1n) is 8.95. The Hall–Kier alpha value is -2.92. The molecule has 0 saturated carbocycles. The second kappa shape index (κ2) is 5.81. The van der Waals surface area contributed by atoms with Crippen molar-refractivity contribution in [2.45, 2.75) is 24.4 Å². The first-order chi connectivity index (χ1) is 12.7. The van der Waals surface area contributed by atoms with Gasteiger partial charge in [0.15, 0.2) is 0 Å². The van der Waals surface area contributed by atoms with Gasteiger partial charge in [-0.3, -0.25) is 4.99 Å². The minimum absolute atomic E-state index is 0.0437. The topological polar surface area (TPSA) is 72.8 Å². The van der Waals surface area contributed by atoms with E-state index in [4.69, 9.17) is 4.99 Å². The van der Waals surface area contributed by atoms with E-state index in [-0.39, 0.29) is 12.6 Å². The molecule has 5 heterocycles. The van der Waals surface area contributed by atoms with Crippen molar-refractivity contribution in [3.05, 3.63) is 70.7 Å². The normalized spacial score (nSPS) is 35.2. The van der Waals surface area contributed by atoms with Crippen LogP contribution in [0.3, 0.4) is 0 Å². The van der Waals surface area contributed by atoms with Crippen LogP contribution in [0.15, 0.2) is 70.0 Å². The number of aliphatic imine (C=N–C) groups is 2. The molecule has 0 amide bonds. The summed E-state index contributed by atoms with van der Waals surface area (Å²) in [5.74, 6) is 0. The summed E-state index contributed by atoms with van der Waals surface area (Å²) in [5.41, 5.74) is 3.24. The Morgan fingerprint density at radius 1 is 1.12 bits per heavy atom. The standard InChI is InChI=1S/C21H20N4O/c26-13-21-8-7-19(25-21)11-18-4-3-15(23-18)9-14-1-2-16(22-14)10-17-5-6-20(12-21)24-17/h1-4,7-12,17,23-24,26H,5-6,13H2/b15-9-,16-10-,18-11-,20-12-. The molecule has 0 aromatic carbocycles. The number of hydrogen-bond acceptors (Lipinski definition) is 4. The highest BCUT2D eigenvalue weighted by atomic mass is 16.3. The van der Waals surface area contributed by atoms with Crippen molar-refractivity contribution < 1.29 is 5.11 Å². The number of H-pyrrole nitrogens is 1. The summed E-state index contributed by atoms with van der Waals surface area (Å²) in [6.07, 6.45) is 18.3. The summed E-state index contributed by atoms with van der Waals surface area (Å²) < 4.78 is 0. The van der Waals surface area contributed by atoms with Gasteiger partial charge in [-0.1, -0.05) is 0 Å². The number of nitrogens with one attached hydrogen (secondary N) is 2. The van der Waals surface area contributed by atoms with Crippen molar-refractivity contribution in [3.63, 3.8) is 0 Å². The Morgan fingerprint density at radius 2 is 1.96 bits per heavy atom. The van der Waals surface area contributed by atoms with Gasteiger partial charge in [-0.2, -0.15) is 0 Å². The minimum Gasteiger partial charge on any atom is -0.393 e. The molecule has 1 saturated heterocycles. The summed E-state index contributed by atoms with van der Waals surface area (Å²) in [4.78, 5) is 12.8. The fourth-order valence-electron chi connectivity index (χ4n) is 3.76. The molecular weight excluding hydrogens is 324 g/mol. The number of aromatic nitrogens is 1. The van der Waals surface area contributed by atoms with E-state index in [0.717, 1.165) is 46.4 Å². The van der Waals surface area contributed by atoms with Crippen LogP contribution in [0.25, 0.3) is 12.2 Å². The van der Waals surface area contributed by atoms with Crippen LogP contribution in [0.2, 0.25) is 0 Å². The van der Waals surface area contributed by atoms with E-state index < -0.39 is 5.54 Å². The van der Waals surface area contributed by atoms with Gasteiger partial charge in [0.25, 0.3) is 0 Å². The van der Waals surface area contributed by atoms with Crippen LogP contribution < -0.4 is 16.0 Å². The van der Waals surface area contributed by atoms with Crippen molar-refractivity contribution in [2.75, 3.05) is 6.61 Å². The predicted molar refractivity (Wildman–Crippen MR) is 104 cm³/mol. The molecule has 1 fully saturated rings. The zero-order chi connectivity index (χ0) is 17.6. The Balaban J connectivity index is 1.66. The third-order valence-electron chi connectivity index (χ3n) is 5.05. The lowest BCUT2D eigenvalue weighted by Gasteiger charge is -2.18. The van der Waals surface area contributed by atoms with Crippen LogP contribution in [0.1, 0.15) is 12.8 Å². The number of allylic oxidation sites excluding steroid dienone is 4. The molecule has 1 aromatic heterocycles. The van der Waals surface area contributed by atoms with Crippen molar-refractivity contribution in [3.8, 4) is 0 Å². The Bertz CT molecular complexity index is 1060. The van der Waals surface area contributed by atoms with Crippen molar-refractivity contribution >= 4 is 23.6 Å². The fraction of sp³-hybridized carbons (Fsp3) is 0.238. The number of aliphatic hydroxyl groups is 1. The Morgan fingerprint density at radius 3 is 2.81 bits per heavy atom. The van der Waals surface area contributed by atoms with Gasteiger partial charge in [-0.25, -0.2) is 4.99 Å². The molecule has 130 valence electrons. The molecule has 2 atom stereocenters. The van der Waals surface area contributed by atoms with Gasteiger partial charge in [-0.05, 0) is 73.6 Å². The third kappa shape index (κ3) is 2.80. The Labute approximate surface area is 151 Å². The molecule has 3 N–H and O–H groups in total. The number of aromatic amines is 1. The van der Waals surface area contributed by atoms with Crippen LogP contribution in [-0.4, -0.2) is 39.7 Å². The SMILES string of the molecule is OCC12C=CC(=N1)/C=c1/cc/c([nH]1)=C/C1=NC(=C\C3CC/C(=C/2)N3)/C=C1. The van der Waals surface area contributed by atoms with Crippen LogP contribution in [0.4, 0.5) is 0 Å². The van der Waals surface area contributed by atoms with Crippen LogP contribution in [0.5, 0.6) is 0 Å². The summed E-state index contributed by atoms with van der Waals surface area (Å²) in [7, 11) is 0. The first kappa shape index (κ1) is 15.3. The van der Waals surface area contributed by atoms with Crippen LogP contribution in [-0.2, 0) is 0 Å². The lowest BCUT2D eigenvalue weighted by molar-refractivity contribution is 0.255. The number of hydrogen-bond donors (Lipinski definition) is 3. The highest BCUT2D eigenvalue weighted by Gasteiger charge is 2.29. The largest absolute Gasteiger partial charge is 0.393 e. The average Bonchev–Trinajstić information content (AvgIpc) is 3.40. The van der Waals surface area contributed by atoms with Crippen LogP contribution in [0, 0.1) is 0 Å². The number of fused-ring (bicyclic) bond motifs is 6. The van der Waals surface area contributed by atoms with Crippen molar-refractivity contribution in [2.24, 2.45) is 9.98 Å². The molecule has 4 aliphatic heterocycles. The average molecular weight is 344 g/mol. The molecule has 2 unspecified atom stereocenters. The molecule has 0 aliphatic carbocycles. The van der Waals surface area contributed by atoms with Crippen LogP contribution >= 0.6 is 0 Å². The molecule has 0 radical (unpaired) electrons. The molecule has 5 rings (SSSR count). The second-order valence-electron chi connectivity index (χ2n) is 7.10. The first-order valence-corrected chi connectivity index (χ1v) is 8.95. The number of aliphatic hydroxyl groups excluding tert-OH is 1. The summed E-state index contributed by atoms with van der Waals surface area (Å²) >= 11 is 0. The van der Waals surface area contributed by atoms with Gasteiger partial charge >= 0.3 is 0 Å². The molecule has 5 nitrogen and oxygen atoms in total. The van der Waals surface area contributed by atoms with Gasteiger partial charge < -0.3 is 15.4 Å². The van der Waals surface area contributed by atoms with Gasteiger partial charge in [0.1, 0.15) is 5.54 Å². The van der Waals surface area contributed by atoms with Gasteiger partial charge in [0.05, 0.1) is 23.7 Å². The van der Waals surface area contributed by atoms with Gasteiger partial charge in [-0.15, -0.1) is 0 Å². The van der Waals surface area contributed by atoms with E-state index in [1.807, 2.05) is 48.6 Å². The van der Waals surface area contributed by atoms with E-state index in [9.17, 15) is 5.11 Å². The lowest BCUT2D eigenvalue weighted by Crippen LogP contribution is -2.27. The van der Waals surface area contributed by atoms with E-state index in [1.165, 1.54) is 0 Å². The highest BCUT2D eigenvalue weighted by molar-refractivity contribution is 6.19. The molecule has 0 spiro atoms. The zero-order valence-electron chi connectivity index (χ0n) is 14.3. The summed E-state index contributed by atoms with van der Waals surface area (Å²) in [5, 5.41) is 15.5. The van der Waals surface area contributed by atoms with Gasteiger partial charge in [0.2, 0.25) is 0 Å². The molecule has 1 aromatic rings. The van der Waals surface area contributed by atoms with Gasteiger partial charge in [0, 0.05) is 22.4 Å². The minimum atomic E-state index is -0.673. The smallest absolute Gasteiger partial charge is 0.123 e. The maximum absolute atomic E-state index is 9.97. The molecule has 26 heavy (non-hydrogen) atoms. The third-order valence-corrected chi connectivity index (χ3v) is 5.05. The monoisotopic (exact) mass is 344 g/mol. The van der Waals surface area contributed by atoms with E-state index in [0.29, 0.717) is 0 Å². The fourth-order valence-corrected chi connectivity index (χ4v) is 3.76. The molecule has 8 bridgehead atoms. The van der Waals surface area contributed by atoms with Crippen molar-refractivity contribution in [1.82, 2.24) is 10.3 Å². The second-order valence-corrected chi connectivity index (χ2v) is 7.10. The predicted octanol–water partition coefficient (Wildman–Crippen LogP) is 0.862. The summed E-state index contributed by atoms with van der Waals surface area (Å²) in [6, 6.07) is 4.31. The highest BCUT2D eigenvalue weighted by Crippen LogP contribution is 2.27. The number of rotatable bonds is 1. The lowest BCUT2D eigenvalue weighted by atomic mass is 10.0. The quantitative estimate of drug-likeness (QED) is 0.707. The zero-order valence-corrected chi connectivity index (χ0v) is 14.3. The van der Waals surface area contributed by atoms with E-state index in [2.05, 4.69) is 27.4 Å². The van der Waals surface area contributed by atoms with Crippen molar-refractivity contribution in [1.29, 1.82) is 0 Å². The van der Waals surface area contributed by atoms with E-state index in [1.54, 1.807) is 0 Å². The molecule has 4 aliphatic rings. The molecule has 5 heteroatoms. The number of nitrogens with zero attached hydrogens (tertiary/aromatic N) is 2. The Kier molecular flexibility index (Phi) is 3.43. The maximum atomic E-state index is 9.97. The maximum Gasteiger partial charge on any atom is 0.123 e. The van der Waals surface area contributed by atoms with E-state index >= 15 is 0 Å². The molecular formula is C21H20N4O. The summed E-state index contributed by atoms with van der Waals surface area (Å²) in [6.45, 7) is -0.0437.